The third kappa shape index (κ3) is 7.31. The van der Waals surface area contributed by atoms with Crippen molar-refractivity contribution in [2.75, 3.05) is 0 Å². The average Bonchev–Trinajstić information content (AvgIpc) is 2.63. The molecule has 6 heteroatoms. The van der Waals surface area contributed by atoms with Gasteiger partial charge in [-0.25, -0.2) is 0 Å². The van der Waals surface area contributed by atoms with E-state index in [0.29, 0.717) is 5.66 Å². The molecule has 0 aliphatic heterocycles. The summed E-state index contributed by atoms with van der Waals surface area (Å²) < 4.78 is -0.620. The summed E-state index contributed by atoms with van der Waals surface area (Å²) in [6.45, 7) is 4.72. The summed E-state index contributed by atoms with van der Waals surface area (Å²) in [5.41, 5.74) is 0.555. The first-order chi connectivity index (χ1) is 12.8. The van der Waals surface area contributed by atoms with Gasteiger partial charge < -0.3 is 0 Å². The van der Waals surface area contributed by atoms with Crippen LogP contribution in [0, 0.1) is 0 Å². The average molecular weight is 869 g/mol. The molecule has 0 bridgehead atoms. The summed E-state index contributed by atoms with van der Waals surface area (Å²) in [5, 5.41) is 4.38. The summed E-state index contributed by atoms with van der Waals surface area (Å²) in [6, 6.07) is 33.1. The molecular weight excluding hydrogens is 847 g/mol. The Morgan fingerprint density at radius 1 is 0.556 bits per heavy atom. The molecule has 0 N–H and O–H groups in total. The molecule has 3 aromatic rings. The number of halogens is 4. The number of rotatable bonds is 4. The molecule has 3 rings (SSSR count). The van der Waals surface area contributed by atoms with Gasteiger partial charge in [-0.3, -0.25) is 0 Å². The molecule has 0 unspecified atom stereocenters. The van der Waals surface area contributed by atoms with Gasteiger partial charge in [0, 0.05) is 0 Å². The molecule has 0 fully saturated rings. The van der Waals surface area contributed by atoms with Gasteiger partial charge in [0.2, 0.25) is 0 Å². The van der Waals surface area contributed by atoms with Crippen molar-refractivity contribution in [3.05, 3.63) is 91.0 Å². The molecule has 0 nitrogen and oxygen atoms in total. The van der Waals surface area contributed by atoms with Crippen molar-refractivity contribution in [3.8, 4) is 0 Å². The van der Waals surface area contributed by atoms with E-state index in [1.807, 2.05) is 0 Å². The summed E-state index contributed by atoms with van der Waals surface area (Å²) in [7, 11) is -1.63. The summed E-state index contributed by atoms with van der Waals surface area (Å²) in [4.78, 5) is 0. The zero-order valence-electron chi connectivity index (χ0n) is 15.1. The van der Waals surface area contributed by atoms with Gasteiger partial charge in [-0.05, 0) is 50.2 Å². The van der Waals surface area contributed by atoms with Crippen molar-refractivity contribution in [1.82, 2.24) is 0 Å². The van der Waals surface area contributed by atoms with Crippen molar-refractivity contribution < 1.29 is -0.154 Å². The SMILES string of the molecule is CC(C)[P+](c1ccccc1)(c1ccccc1)c1ccccc1.[I][Fe-]([I])([I])[I]. The predicted octanol–water partition coefficient (Wildman–Crippen LogP) is 7.93. The zero-order valence-corrected chi connectivity index (χ0v) is 25.7. The maximum atomic E-state index is 2.46. The molecule has 0 saturated heterocycles. The van der Waals surface area contributed by atoms with Gasteiger partial charge in [-0.15, -0.1) is 0 Å². The van der Waals surface area contributed by atoms with E-state index in [-0.39, 0.29) is 0 Å². The van der Waals surface area contributed by atoms with Crippen molar-refractivity contribution in [2.24, 2.45) is 0 Å². The summed E-state index contributed by atoms with van der Waals surface area (Å²) >= 11 is 9.85. The monoisotopic (exact) mass is 869 g/mol. The van der Waals surface area contributed by atoms with Gasteiger partial charge in [0.25, 0.3) is 0 Å². The van der Waals surface area contributed by atoms with Crippen LogP contribution in [-0.4, -0.2) is 5.66 Å². The Bertz CT molecular complexity index is 703. The summed E-state index contributed by atoms with van der Waals surface area (Å²) in [5.74, 6) is 0. The van der Waals surface area contributed by atoms with Crippen LogP contribution >= 0.6 is 88.6 Å². The molecule has 0 spiro atoms. The van der Waals surface area contributed by atoms with Gasteiger partial charge in [-0.2, -0.15) is 0 Å². The second-order valence-corrected chi connectivity index (χ2v) is 66.1. The van der Waals surface area contributed by atoms with Gasteiger partial charge >= 0.3 is 81.2 Å². The Balaban J connectivity index is 0.000000465. The van der Waals surface area contributed by atoms with Crippen LogP contribution in [0.4, 0.5) is 0 Å². The fraction of sp³-hybridized carbons (Fsp3) is 0.143. The maximum absolute atomic E-state index is 2.46. The molecule has 0 amide bonds. The van der Waals surface area contributed by atoms with Crippen molar-refractivity contribution in [2.45, 2.75) is 19.5 Å². The number of benzene rings is 3. The molecule has 0 atom stereocenters. The molecular formula is C21H22FeI4P. The van der Waals surface area contributed by atoms with E-state index in [0.717, 1.165) is 0 Å². The number of hydrogen-bond donors (Lipinski definition) is 0. The fourth-order valence-electron chi connectivity index (χ4n) is 3.33. The molecule has 0 heterocycles. The Labute approximate surface area is 211 Å². The topological polar surface area (TPSA) is 0 Å². The van der Waals surface area contributed by atoms with Crippen LogP contribution in [0.3, 0.4) is 0 Å². The Hall–Kier alpha value is 1.53. The van der Waals surface area contributed by atoms with Crippen LogP contribution < -0.4 is 15.9 Å². The molecule has 147 valence electrons. The first kappa shape index (κ1) is 24.8. The van der Waals surface area contributed by atoms with E-state index in [1.54, 1.807) is 0 Å². The molecule has 0 radical (unpaired) electrons. The molecule has 0 aromatic heterocycles. The van der Waals surface area contributed by atoms with Crippen molar-refractivity contribution in [3.63, 3.8) is 0 Å². The Morgan fingerprint density at radius 2 is 0.778 bits per heavy atom. The third-order valence-electron chi connectivity index (χ3n) is 4.26. The summed E-state index contributed by atoms with van der Waals surface area (Å²) in [6.07, 6.45) is 0. The van der Waals surface area contributed by atoms with Crippen LogP contribution in [0.15, 0.2) is 91.0 Å². The Kier molecular flexibility index (Phi) is 10.8. The second kappa shape index (κ2) is 11.8. The second-order valence-electron chi connectivity index (χ2n) is 6.13. The van der Waals surface area contributed by atoms with Crippen LogP contribution in [0.2, 0.25) is 0 Å². The van der Waals surface area contributed by atoms with Crippen LogP contribution in [-0.2, 0) is -0.154 Å². The van der Waals surface area contributed by atoms with E-state index in [2.05, 4.69) is 186 Å². The molecule has 0 aliphatic carbocycles. The normalized spacial score (nSPS) is 12.3. The quantitative estimate of drug-likeness (QED) is 0.142. The number of hydrogen-bond acceptors (Lipinski definition) is 0. The molecule has 27 heavy (non-hydrogen) atoms. The van der Waals surface area contributed by atoms with E-state index < -0.39 is 7.11 Å². The van der Waals surface area contributed by atoms with E-state index >= 15 is 0 Å². The van der Waals surface area contributed by atoms with Gasteiger partial charge in [0.05, 0.1) is 5.66 Å². The standard InChI is InChI=1S/C21H22P.Fe.4HI/c1-18(2)22(19-12-6-3-7-13-19,20-14-8-4-9-15-20)21-16-10-5-11-17-21;;;;;/h3-18H,1-2H3;;4*1H/q+1;+3;;;;/p-4. The molecule has 3 aromatic carbocycles. The van der Waals surface area contributed by atoms with Gasteiger partial charge in [0.1, 0.15) is 23.2 Å². The first-order valence-corrected chi connectivity index (χ1v) is 24.5. The molecule has 0 saturated carbocycles. The molecule has 0 aliphatic rings. The minimum atomic E-state index is -1.63. The van der Waals surface area contributed by atoms with E-state index in [9.17, 15) is 0 Å². The van der Waals surface area contributed by atoms with Crippen LogP contribution in [0.1, 0.15) is 13.8 Å². The van der Waals surface area contributed by atoms with Crippen LogP contribution in [0.25, 0.3) is 0 Å². The van der Waals surface area contributed by atoms with Crippen molar-refractivity contribution in [1.29, 1.82) is 0 Å². The fourth-order valence-corrected chi connectivity index (χ4v) is 7.94. The van der Waals surface area contributed by atoms with Crippen LogP contribution in [0.5, 0.6) is 0 Å². The van der Waals surface area contributed by atoms with Crippen molar-refractivity contribution >= 4 is 105 Å². The zero-order chi connectivity index (χ0) is 19.9. The predicted molar refractivity (Wildman–Crippen MR) is 156 cm³/mol. The van der Waals surface area contributed by atoms with E-state index in [4.69, 9.17) is 0 Å². The minimum absolute atomic E-state index is 0.555. The Morgan fingerprint density at radius 3 is 0.963 bits per heavy atom. The van der Waals surface area contributed by atoms with Gasteiger partial charge in [0.15, 0.2) is 0 Å². The third-order valence-corrected chi connectivity index (χ3v) is 9.15. The first-order valence-electron chi connectivity index (χ1n) is 8.35. The van der Waals surface area contributed by atoms with Gasteiger partial charge in [-0.1, -0.05) is 54.6 Å². The van der Waals surface area contributed by atoms with E-state index in [1.165, 1.54) is 15.9 Å².